The molecule has 0 amide bonds. The van der Waals surface area contributed by atoms with Gasteiger partial charge >= 0.3 is 0 Å². The third-order valence-corrected chi connectivity index (χ3v) is 3.78. The maximum Gasteiger partial charge on any atom is 0.249 e. The monoisotopic (exact) mass is 370 g/mol. The Kier molecular flexibility index (Phi) is 4.77. The van der Waals surface area contributed by atoms with E-state index in [0.29, 0.717) is 18.3 Å². The molecule has 0 radical (unpaired) electrons. The first-order valence-electron chi connectivity index (χ1n) is 7.06. The maximum atomic E-state index is 4.41. The number of aromatic nitrogens is 4. The smallest absolute Gasteiger partial charge is 0.249 e. The first-order chi connectivity index (χ1) is 11.2. The Morgan fingerprint density at radius 2 is 2.09 bits per heavy atom. The fourth-order valence-corrected chi connectivity index (χ4v) is 2.57. The summed E-state index contributed by atoms with van der Waals surface area (Å²) >= 11 is 3.52. The maximum absolute atomic E-state index is 4.41. The molecule has 1 aromatic carbocycles. The van der Waals surface area contributed by atoms with Crippen LogP contribution < -0.4 is 10.6 Å². The molecule has 0 saturated heterocycles. The number of nitrogens with one attached hydrogen (secondary N) is 2. The molecule has 0 aliphatic heterocycles. The zero-order valence-corrected chi connectivity index (χ0v) is 14.1. The van der Waals surface area contributed by atoms with Gasteiger partial charge in [-0.25, -0.2) is 0 Å². The van der Waals surface area contributed by atoms with E-state index in [-0.39, 0.29) is 0 Å². The van der Waals surface area contributed by atoms with Crippen molar-refractivity contribution in [1.29, 1.82) is 0 Å². The van der Waals surface area contributed by atoms with E-state index >= 15 is 0 Å². The van der Waals surface area contributed by atoms with Crippen molar-refractivity contribution in [3.05, 3.63) is 64.5 Å². The van der Waals surface area contributed by atoms with E-state index in [1.807, 2.05) is 43.5 Å². The number of rotatable bonds is 5. The summed E-state index contributed by atoms with van der Waals surface area (Å²) in [5.74, 6) is 1.08. The normalized spacial score (nSPS) is 10.3. The van der Waals surface area contributed by atoms with Crippen LogP contribution in [0.15, 0.2) is 53.4 Å². The number of pyridine rings is 1. The third-order valence-electron chi connectivity index (χ3n) is 3.13. The standard InChI is InChI=1S/C16H15BrN6/c1-11-4-5-14(13(17)7-11)21-16-22-15(10-20-23-16)19-9-12-3-2-6-18-8-12/h2-8,10H,9H2,1H3,(H2,19,21,22,23). The highest BCUT2D eigenvalue weighted by Crippen LogP contribution is 2.25. The van der Waals surface area contributed by atoms with Crippen LogP contribution in [0.2, 0.25) is 0 Å². The van der Waals surface area contributed by atoms with E-state index < -0.39 is 0 Å². The Morgan fingerprint density at radius 1 is 1.17 bits per heavy atom. The summed E-state index contributed by atoms with van der Waals surface area (Å²) in [5.41, 5.74) is 3.14. The molecule has 2 heterocycles. The average molecular weight is 371 g/mol. The zero-order valence-electron chi connectivity index (χ0n) is 12.5. The minimum Gasteiger partial charge on any atom is -0.364 e. The molecule has 0 fully saturated rings. The first-order valence-corrected chi connectivity index (χ1v) is 7.86. The minimum absolute atomic E-state index is 0.436. The molecule has 0 bridgehead atoms. The summed E-state index contributed by atoms with van der Waals surface area (Å²) in [6, 6.07) is 9.91. The molecule has 6 nitrogen and oxygen atoms in total. The molecule has 23 heavy (non-hydrogen) atoms. The highest BCUT2D eigenvalue weighted by molar-refractivity contribution is 9.10. The lowest BCUT2D eigenvalue weighted by atomic mass is 10.2. The fourth-order valence-electron chi connectivity index (χ4n) is 1.98. The summed E-state index contributed by atoms with van der Waals surface area (Å²) < 4.78 is 0.954. The Bertz CT molecular complexity index is 794. The van der Waals surface area contributed by atoms with E-state index in [1.54, 1.807) is 12.4 Å². The molecule has 0 saturated carbocycles. The molecule has 116 valence electrons. The van der Waals surface area contributed by atoms with Crippen molar-refractivity contribution < 1.29 is 0 Å². The van der Waals surface area contributed by atoms with Gasteiger partial charge in [0.2, 0.25) is 5.95 Å². The third kappa shape index (κ3) is 4.23. The van der Waals surface area contributed by atoms with Crippen LogP contribution in [0.5, 0.6) is 0 Å². The van der Waals surface area contributed by atoms with Gasteiger partial charge in [-0.2, -0.15) is 10.1 Å². The van der Waals surface area contributed by atoms with E-state index in [4.69, 9.17) is 0 Å². The van der Waals surface area contributed by atoms with Crippen molar-refractivity contribution in [3.8, 4) is 0 Å². The van der Waals surface area contributed by atoms with Gasteiger partial charge in [-0.1, -0.05) is 12.1 Å². The van der Waals surface area contributed by atoms with E-state index in [9.17, 15) is 0 Å². The molecular weight excluding hydrogens is 356 g/mol. The van der Waals surface area contributed by atoms with Gasteiger partial charge in [0, 0.05) is 23.4 Å². The number of anilines is 3. The molecule has 0 aliphatic carbocycles. The van der Waals surface area contributed by atoms with Gasteiger partial charge in [0.1, 0.15) is 0 Å². The number of nitrogens with zero attached hydrogens (tertiary/aromatic N) is 4. The quantitative estimate of drug-likeness (QED) is 0.713. The molecule has 3 aromatic rings. The number of hydrogen-bond donors (Lipinski definition) is 2. The Balaban J connectivity index is 1.69. The fraction of sp³-hybridized carbons (Fsp3) is 0.125. The van der Waals surface area contributed by atoms with Crippen LogP contribution in [-0.2, 0) is 6.54 Å². The molecule has 0 unspecified atom stereocenters. The second-order valence-corrected chi connectivity index (χ2v) is 5.84. The molecule has 2 N–H and O–H groups in total. The second kappa shape index (κ2) is 7.15. The van der Waals surface area contributed by atoms with Crippen molar-refractivity contribution in [2.75, 3.05) is 10.6 Å². The van der Waals surface area contributed by atoms with Gasteiger partial charge in [-0.15, -0.1) is 5.10 Å². The molecule has 3 rings (SSSR count). The topological polar surface area (TPSA) is 75.6 Å². The largest absolute Gasteiger partial charge is 0.364 e. The van der Waals surface area contributed by atoms with Gasteiger partial charge in [0.25, 0.3) is 0 Å². The van der Waals surface area contributed by atoms with E-state index in [2.05, 4.69) is 46.7 Å². The molecule has 7 heteroatoms. The minimum atomic E-state index is 0.436. The number of halogens is 1. The van der Waals surface area contributed by atoms with Gasteiger partial charge in [0.15, 0.2) is 5.82 Å². The van der Waals surface area contributed by atoms with Crippen LogP contribution in [0.25, 0.3) is 0 Å². The summed E-state index contributed by atoms with van der Waals surface area (Å²) in [4.78, 5) is 8.49. The molecule has 0 atom stereocenters. The van der Waals surface area contributed by atoms with Crippen molar-refractivity contribution in [1.82, 2.24) is 20.2 Å². The second-order valence-electron chi connectivity index (χ2n) is 4.99. The number of aryl methyl sites for hydroxylation is 1. The Labute approximate surface area is 142 Å². The molecule has 0 spiro atoms. The summed E-state index contributed by atoms with van der Waals surface area (Å²) in [6.07, 6.45) is 5.15. The lowest BCUT2D eigenvalue weighted by molar-refractivity contribution is 0.964. The molecular formula is C16H15BrN6. The molecule has 2 aromatic heterocycles. The van der Waals surface area contributed by atoms with Crippen molar-refractivity contribution in [3.63, 3.8) is 0 Å². The van der Waals surface area contributed by atoms with Gasteiger partial charge in [-0.05, 0) is 52.2 Å². The highest BCUT2D eigenvalue weighted by Gasteiger charge is 2.04. The molecule has 0 aliphatic rings. The predicted molar refractivity (Wildman–Crippen MR) is 93.6 cm³/mol. The summed E-state index contributed by atoms with van der Waals surface area (Å²) in [5, 5.41) is 14.3. The van der Waals surface area contributed by atoms with Crippen molar-refractivity contribution in [2.45, 2.75) is 13.5 Å². The first kappa shape index (κ1) is 15.4. The van der Waals surface area contributed by atoms with Crippen LogP contribution in [0, 0.1) is 6.92 Å². The average Bonchev–Trinajstić information content (AvgIpc) is 2.57. The SMILES string of the molecule is Cc1ccc(Nc2nncc(NCc3cccnc3)n2)c(Br)c1. The number of hydrogen-bond acceptors (Lipinski definition) is 6. The van der Waals surface area contributed by atoms with Crippen molar-refractivity contribution >= 4 is 33.4 Å². The van der Waals surface area contributed by atoms with Gasteiger partial charge in [-0.3, -0.25) is 4.98 Å². The van der Waals surface area contributed by atoms with E-state index in [0.717, 1.165) is 15.7 Å². The van der Waals surface area contributed by atoms with Crippen LogP contribution in [0.3, 0.4) is 0 Å². The summed E-state index contributed by atoms with van der Waals surface area (Å²) in [7, 11) is 0. The summed E-state index contributed by atoms with van der Waals surface area (Å²) in [6.45, 7) is 2.66. The van der Waals surface area contributed by atoms with Crippen LogP contribution in [0.1, 0.15) is 11.1 Å². The zero-order chi connectivity index (χ0) is 16.1. The highest BCUT2D eigenvalue weighted by atomic mass is 79.9. The van der Waals surface area contributed by atoms with Crippen LogP contribution in [0.4, 0.5) is 17.5 Å². The van der Waals surface area contributed by atoms with E-state index in [1.165, 1.54) is 5.56 Å². The van der Waals surface area contributed by atoms with Crippen molar-refractivity contribution in [2.24, 2.45) is 0 Å². The number of benzene rings is 1. The van der Waals surface area contributed by atoms with Crippen LogP contribution in [-0.4, -0.2) is 20.2 Å². The Morgan fingerprint density at radius 3 is 2.87 bits per heavy atom. The predicted octanol–water partition coefficient (Wildman–Crippen LogP) is 3.69. The Hall–Kier alpha value is -2.54. The lowest BCUT2D eigenvalue weighted by Gasteiger charge is -2.09. The van der Waals surface area contributed by atoms with Crippen LogP contribution >= 0.6 is 15.9 Å². The van der Waals surface area contributed by atoms with Gasteiger partial charge in [0.05, 0.1) is 11.9 Å². The van der Waals surface area contributed by atoms with Gasteiger partial charge < -0.3 is 10.6 Å². The lowest BCUT2D eigenvalue weighted by Crippen LogP contribution is -2.06.